The molecule has 0 aliphatic heterocycles. The molecule has 74 valence electrons. The smallest absolute Gasteiger partial charge is 0.107 e. The molecule has 0 aliphatic carbocycles. The quantitative estimate of drug-likeness (QED) is 0.612. The van der Waals surface area contributed by atoms with Crippen LogP contribution in [-0.4, -0.2) is 55.2 Å². The van der Waals surface area contributed by atoms with E-state index < -0.39 is 17.9 Å². The van der Waals surface area contributed by atoms with Gasteiger partial charge in [-0.1, -0.05) is 13.1 Å². The van der Waals surface area contributed by atoms with E-state index in [-0.39, 0.29) is 0 Å². The van der Waals surface area contributed by atoms with E-state index in [1.165, 1.54) is 12.1 Å². The molecule has 0 aromatic rings. The number of nitrogens with zero attached hydrogens (tertiary/aromatic N) is 2. The summed E-state index contributed by atoms with van der Waals surface area (Å²) in [5.74, 6) is 0. The Kier molecular flexibility index (Phi) is 6.08. The van der Waals surface area contributed by atoms with Gasteiger partial charge in [0.15, 0.2) is 0 Å². The second-order valence-corrected chi connectivity index (χ2v) is 10.8. The first kappa shape index (κ1) is 12.4. The summed E-state index contributed by atoms with van der Waals surface area (Å²) in [6.07, 6.45) is 0. The van der Waals surface area contributed by atoms with Gasteiger partial charge in [0.2, 0.25) is 0 Å². The number of hydrogen-bond donors (Lipinski definition) is 0. The third-order valence-electron chi connectivity index (χ3n) is 2.77. The fourth-order valence-corrected chi connectivity index (χ4v) is 5.89. The minimum atomic E-state index is -0.531. The topological polar surface area (TPSA) is 6.48 Å². The predicted molar refractivity (Wildman–Crippen MR) is 63.0 cm³/mol. The van der Waals surface area contributed by atoms with Crippen LogP contribution in [-0.2, 0) is 0 Å². The zero-order chi connectivity index (χ0) is 9.72. The lowest BCUT2D eigenvalue weighted by Crippen LogP contribution is -2.34. The molecule has 0 N–H and O–H groups in total. The highest BCUT2D eigenvalue weighted by Crippen LogP contribution is 2.05. The van der Waals surface area contributed by atoms with Crippen molar-refractivity contribution in [1.29, 1.82) is 0 Å². The molecule has 4 heteroatoms. The summed E-state index contributed by atoms with van der Waals surface area (Å²) in [7, 11) is 7.82. The first-order valence-electron chi connectivity index (χ1n) is 4.78. The first-order valence-corrected chi connectivity index (χ1v) is 9.75. The maximum atomic E-state index is 2.44. The van der Waals surface area contributed by atoms with E-state index in [4.69, 9.17) is 0 Å². The molecule has 0 spiro atoms. The summed E-state index contributed by atoms with van der Waals surface area (Å²) < 4.78 is 4.88. The number of hydrogen-bond acceptors (Lipinski definition) is 2. The monoisotopic (exact) mass is 204 g/mol. The van der Waals surface area contributed by atoms with Gasteiger partial charge in [0.25, 0.3) is 0 Å². The Hall–Kier alpha value is 0.354. The van der Waals surface area contributed by atoms with Crippen molar-refractivity contribution in [2.24, 2.45) is 0 Å². The van der Waals surface area contributed by atoms with Crippen molar-refractivity contribution in [3.63, 3.8) is 0 Å². The second-order valence-electron chi connectivity index (χ2n) is 4.20. The van der Waals surface area contributed by atoms with Gasteiger partial charge in [-0.05, 0) is 40.3 Å². The maximum Gasteiger partial charge on any atom is 0.107 e. The maximum absolute atomic E-state index is 2.44. The Morgan fingerprint density at radius 1 is 0.750 bits per heavy atom. The molecule has 2 atom stereocenters. The van der Waals surface area contributed by atoms with Crippen molar-refractivity contribution in [3.05, 3.63) is 0 Å². The van der Waals surface area contributed by atoms with Gasteiger partial charge in [-0.25, -0.2) is 0 Å². The highest BCUT2D eigenvalue weighted by atomic mass is 28.3. The van der Waals surface area contributed by atoms with E-state index in [2.05, 4.69) is 50.4 Å². The molecule has 0 aliphatic rings. The van der Waals surface area contributed by atoms with Crippen LogP contribution >= 0.6 is 0 Å². The van der Waals surface area contributed by atoms with E-state index in [1.54, 1.807) is 0 Å². The first-order chi connectivity index (χ1) is 5.45. The molecule has 0 radical (unpaired) electrons. The van der Waals surface area contributed by atoms with E-state index in [0.717, 1.165) is 0 Å². The van der Waals surface area contributed by atoms with E-state index in [9.17, 15) is 0 Å². The molecule has 0 fully saturated rings. The van der Waals surface area contributed by atoms with Crippen molar-refractivity contribution in [2.45, 2.75) is 25.2 Å². The predicted octanol–water partition coefficient (Wildman–Crippen LogP) is 0.817. The van der Waals surface area contributed by atoms with E-state index in [0.29, 0.717) is 0 Å². The fraction of sp³-hybridized carbons (Fsp3) is 1.00. The van der Waals surface area contributed by atoms with Crippen molar-refractivity contribution >= 4 is 17.9 Å². The Morgan fingerprint density at radius 2 is 1.00 bits per heavy atom. The fourth-order valence-electron chi connectivity index (χ4n) is 0.999. The van der Waals surface area contributed by atoms with Gasteiger partial charge >= 0.3 is 0 Å². The Balaban J connectivity index is 3.54. The van der Waals surface area contributed by atoms with Crippen molar-refractivity contribution in [3.8, 4) is 0 Å². The van der Waals surface area contributed by atoms with Crippen LogP contribution in [0, 0.1) is 0 Å². The van der Waals surface area contributed by atoms with Gasteiger partial charge < -0.3 is 9.13 Å². The van der Waals surface area contributed by atoms with Crippen molar-refractivity contribution in [2.75, 3.05) is 28.2 Å². The third kappa shape index (κ3) is 5.08. The van der Waals surface area contributed by atoms with Gasteiger partial charge in [0.05, 0.1) is 0 Å². The Labute approximate surface area is 80.9 Å². The van der Waals surface area contributed by atoms with Crippen LogP contribution in [0.25, 0.3) is 0 Å². The molecule has 12 heavy (non-hydrogen) atoms. The van der Waals surface area contributed by atoms with Crippen LogP contribution in [0.15, 0.2) is 0 Å². The molecule has 0 saturated carbocycles. The van der Waals surface area contributed by atoms with Crippen molar-refractivity contribution in [1.82, 2.24) is 9.13 Å². The minimum Gasteiger partial charge on any atom is -0.332 e. The normalized spacial score (nSPS) is 17.0. The molecule has 2 unspecified atom stereocenters. The van der Waals surface area contributed by atoms with Gasteiger partial charge in [0.1, 0.15) is 17.9 Å². The van der Waals surface area contributed by atoms with E-state index >= 15 is 0 Å². The Morgan fingerprint density at radius 3 is 1.17 bits per heavy atom. The van der Waals surface area contributed by atoms with Gasteiger partial charge in [-0.15, -0.1) is 0 Å². The molecule has 0 bridgehead atoms. The molecular weight excluding hydrogens is 180 g/mol. The van der Waals surface area contributed by atoms with Crippen LogP contribution in [0.2, 0.25) is 25.2 Å². The highest BCUT2D eigenvalue weighted by molar-refractivity contribution is 6.60. The molecule has 2 nitrogen and oxygen atoms in total. The summed E-state index contributed by atoms with van der Waals surface area (Å²) in [6, 6.07) is 2.97. The average molecular weight is 204 g/mol. The van der Waals surface area contributed by atoms with E-state index in [1.807, 2.05) is 0 Å². The lowest BCUT2D eigenvalue weighted by atomic mass is 10.9. The largest absolute Gasteiger partial charge is 0.332 e. The molecule has 0 amide bonds. The Bertz CT molecular complexity index is 104. The molecular formula is C8H24N2Si2. The summed E-state index contributed by atoms with van der Waals surface area (Å²) >= 11 is 0. The SMILES string of the molecule is CN(C)[SiH](C)CC[SiH](C)N(C)C. The minimum absolute atomic E-state index is 0.531. The molecule has 0 saturated heterocycles. The second kappa shape index (κ2) is 5.91. The summed E-state index contributed by atoms with van der Waals surface area (Å²) in [6.45, 7) is 4.88. The zero-order valence-corrected chi connectivity index (χ0v) is 11.8. The summed E-state index contributed by atoms with van der Waals surface area (Å²) in [5, 5.41) is 0. The lowest BCUT2D eigenvalue weighted by molar-refractivity contribution is 0.629. The van der Waals surface area contributed by atoms with Crippen LogP contribution in [0.5, 0.6) is 0 Å². The number of rotatable bonds is 5. The van der Waals surface area contributed by atoms with Gasteiger partial charge in [-0.3, -0.25) is 0 Å². The molecule has 0 heterocycles. The van der Waals surface area contributed by atoms with Crippen LogP contribution in [0.3, 0.4) is 0 Å². The third-order valence-corrected chi connectivity index (χ3v) is 9.30. The summed E-state index contributed by atoms with van der Waals surface area (Å²) in [4.78, 5) is 0. The van der Waals surface area contributed by atoms with Crippen LogP contribution in [0.1, 0.15) is 0 Å². The van der Waals surface area contributed by atoms with Gasteiger partial charge in [-0.2, -0.15) is 0 Å². The molecule has 0 aromatic carbocycles. The van der Waals surface area contributed by atoms with Crippen LogP contribution in [0.4, 0.5) is 0 Å². The van der Waals surface area contributed by atoms with Gasteiger partial charge in [0, 0.05) is 0 Å². The van der Waals surface area contributed by atoms with Crippen molar-refractivity contribution < 1.29 is 0 Å². The molecule has 0 aromatic heterocycles. The van der Waals surface area contributed by atoms with Crippen LogP contribution < -0.4 is 0 Å². The lowest BCUT2D eigenvalue weighted by Gasteiger charge is -2.22. The summed E-state index contributed by atoms with van der Waals surface area (Å²) in [5.41, 5.74) is 0. The highest BCUT2D eigenvalue weighted by Gasteiger charge is 2.11. The standard InChI is InChI=1S/C8H24N2Si2/c1-9(2)11(5)7-8-12(6)10(3)4/h11-12H,7-8H2,1-6H3. The zero-order valence-electron chi connectivity index (χ0n) is 9.46. The average Bonchev–Trinajstić information content (AvgIpc) is 1.98. The molecule has 0 rings (SSSR count).